The van der Waals surface area contributed by atoms with E-state index in [9.17, 15) is 14.4 Å². The summed E-state index contributed by atoms with van der Waals surface area (Å²) in [6.45, 7) is 4.06. The summed E-state index contributed by atoms with van der Waals surface area (Å²) in [7, 11) is 1.59. The maximum atomic E-state index is 12.2. The fourth-order valence-corrected chi connectivity index (χ4v) is 3.30. The van der Waals surface area contributed by atoms with Gasteiger partial charge < -0.3 is 10.2 Å². The molecule has 1 aliphatic rings. The molecule has 1 aliphatic heterocycles. The minimum Gasteiger partial charge on any atom is -0.355 e. The van der Waals surface area contributed by atoms with Crippen molar-refractivity contribution in [3.8, 4) is 0 Å². The first kappa shape index (κ1) is 16.5. The lowest BCUT2D eigenvalue weighted by Gasteiger charge is -2.19. The van der Waals surface area contributed by atoms with Crippen LogP contribution in [0, 0.1) is 12.8 Å². The minimum atomic E-state index is -0.141. The molecular weight excluding hydrogens is 300 g/mol. The molecule has 0 bridgehead atoms. The van der Waals surface area contributed by atoms with E-state index in [-0.39, 0.29) is 22.8 Å². The number of hydrogen-bond acceptors (Lipinski definition) is 4. The highest BCUT2D eigenvalue weighted by Crippen LogP contribution is 2.30. The van der Waals surface area contributed by atoms with E-state index in [1.807, 2.05) is 13.0 Å². The minimum absolute atomic E-state index is 0.0740. The summed E-state index contributed by atoms with van der Waals surface area (Å²) >= 11 is 1.27. The Morgan fingerprint density at radius 1 is 1.41 bits per heavy atom. The molecule has 0 aromatic heterocycles. The first-order chi connectivity index (χ1) is 10.4. The number of anilines is 1. The third-order valence-corrected chi connectivity index (χ3v) is 4.75. The monoisotopic (exact) mass is 320 g/mol. The number of nitrogens with zero attached hydrogens (tertiary/aromatic N) is 1. The summed E-state index contributed by atoms with van der Waals surface area (Å²) in [6.07, 6.45) is 0.469. The van der Waals surface area contributed by atoms with Gasteiger partial charge in [0.1, 0.15) is 0 Å². The van der Waals surface area contributed by atoms with Gasteiger partial charge in [0.25, 0.3) is 5.91 Å². The van der Waals surface area contributed by atoms with Crippen LogP contribution in [0.1, 0.15) is 29.3 Å². The summed E-state index contributed by atoms with van der Waals surface area (Å²) in [4.78, 5) is 36.6. The van der Waals surface area contributed by atoms with E-state index in [0.717, 1.165) is 11.3 Å². The lowest BCUT2D eigenvalue weighted by Crippen LogP contribution is -2.26. The molecule has 1 aromatic rings. The van der Waals surface area contributed by atoms with Crippen molar-refractivity contribution in [2.45, 2.75) is 20.3 Å². The molecule has 0 aliphatic carbocycles. The van der Waals surface area contributed by atoms with E-state index < -0.39 is 0 Å². The highest BCUT2D eigenvalue weighted by molar-refractivity contribution is 8.13. The molecule has 6 heteroatoms. The number of benzene rings is 1. The SMILES string of the molecule is CNC(=O)c1ccc(N2CC(CSC(C)=O)CC2=O)c(C)c1. The van der Waals surface area contributed by atoms with Crippen molar-refractivity contribution < 1.29 is 14.4 Å². The molecule has 2 amide bonds. The fraction of sp³-hybridized carbons (Fsp3) is 0.438. The van der Waals surface area contributed by atoms with Crippen LogP contribution in [-0.4, -0.2) is 36.3 Å². The van der Waals surface area contributed by atoms with Crippen LogP contribution in [0.15, 0.2) is 18.2 Å². The molecule has 5 nitrogen and oxygen atoms in total. The first-order valence-electron chi connectivity index (χ1n) is 7.18. The second-order valence-electron chi connectivity index (χ2n) is 5.46. The molecule has 0 radical (unpaired) electrons. The zero-order valence-corrected chi connectivity index (χ0v) is 13.8. The molecule has 1 fully saturated rings. The maximum Gasteiger partial charge on any atom is 0.251 e. The Kier molecular flexibility index (Phi) is 5.24. The summed E-state index contributed by atoms with van der Waals surface area (Å²) in [5, 5.41) is 2.67. The average Bonchev–Trinajstić information content (AvgIpc) is 2.85. The van der Waals surface area contributed by atoms with E-state index >= 15 is 0 Å². The topological polar surface area (TPSA) is 66.5 Å². The number of aryl methyl sites for hydroxylation is 1. The zero-order chi connectivity index (χ0) is 16.3. The van der Waals surface area contributed by atoms with Gasteiger partial charge in [0.2, 0.25) is 5.91 Å². The van der Waals surface area contributed by atoms with Gasteiger partial charge in [-0.3, -0.25) is 14.4 Å². The van der Waals surface area contributed by atoms with E-state index in [0.29, 0.717) is 24.3 Å². The summed E-state index contributed by atoms with van der Waals surface area (Å²) in [6, 6.07) is 5.34. The summed E-state index contributed by atoms with van der Waals surface area (Å²) in [5.41, 5.74) is 2.32. The Morgan fingerprint density at radius 2 is 2.14 bits per heavy atom. The van der Waals surface area contributed by atoms with Gasteiger partial charge in [-0.15, -0.1) is 0 Å². The van der Waals surface area contributed by atoms with Crippen molar-refractivity contribution in [2.75, 3.05) is 24.2 Å². The average molecular weight is 320 g/mol. The van der Waals surface area contributed by atoms with Crippen molar-refractivity contribution >= 4 is 34.4 Å². The largest absolute Gasteiger partial charge is 0.355 e. The van der Waals surface area contributed by atoms with Gasteiger partial charge in [-0.1, -0.05) is 11.8 Å². The molecule has 1 atom stereocenters. The lowest BCUT2D eigenvalue weighted by molar-refractivity contribution is -0.117. The molecule has 1 aromatic carbocycles. The second kappa shape index (κ2) is 6.96. The van der Waals surface area contributed by atoms with Gasteiger partial charge >= 0.3 is 0 Å². The highest BCUT2D eigenvalue weighted by Gasteiger charge is 2.31. The van der Waals surface area contributed by atoms with Gasteiger partial charge in [0.15, 0.2) is 5.12 Å². The summed E-state index contributed by atoms with van der Waals surface area (Å²) < 4.78 is 0. The van der Waals surface area contributed by atoms with E-state index in [1.54, 1.807) is 31.0 Å². The number of hydrogen-bond donors (Lipinski definition) is 1. The van der Waals surface area contributed by atoms with Crippen LogP contribution >= 0.6 is 11.8 Å². The van der Waals surface area contributed by atoms with Crippen LogP contribution in [0.5, 0.6) is 0 Å². The van der Waals surface area contributed by atoms with E-state index in [1.165, 1.54) is 11.8 Å². The Bertz CT molecular complexity index is 615. The third-order valence-electron chi connectivity index (χ3n) is 3.70. The molecule has 2 rings (SSSR count). The van der Waals surface area contributed by atoms with Gasteiger partial charge in [-0.25, -0.2) is 0 Å². The van der Waals surface area contributed by atoms with Crippen LogP contribution < -0.4 is 10.2 Å². The second-order valence-corrected chi connectivity index (χ2v) is 6.65. The Hall–Kier alpha value is -1.82. The van der Waals surface area contributed by atoms with Crippen molar-refractivity contribution in [1.82, 2.24) is 5.32 Å². The number of thioether (sulfide) groups is 1. The smallest absolute Gasteiger partial charge is 0.251 e. The van der Waals surface area contributed by atoms with Gasteiger partial charge in [-0.2, -0.15) is 0 Å². The quantitative estimate of drug-likeness (QED) is 0.921. The van der Waals surface area contributed by atoms with Crippen LogP contribution in [-0.2, 0) is 9.59 Å². The predicted octanol–water partition coefficient (Wildman–Crippen LogP) is 1.99. The number of nitrogens with one attached hydrogen (secondary N) is 1. The molecule has 0 spiro atoms. The van der Waals surface area contributed by atoms with Crippen molar-refractivity contribution in [1.29, 1.82) is 0 Å². The van der Waals surface area contributed by atoms with Crippen LogP contribution in [0.2, 0.25) is 0 Å². The van der Waals surface area contributed by atoms with E-state index in [2.05, 4.69) is 5.32 Å². The third kappa shape index (κ3) is 3.68. The van der Waals surface area contributed by atoms with Crippen molar-refractivity contribution in [2.24, 2.45) is 5.92 Å². The Balaban J connectivity index is 2.13. The van der Waals surface area contributed by atoms with Crippen LogP contribution in [0.3, 0.4) is 0 Å². The molecule has 1 saturated heterocycles. The molecule has 22 heavy (non-hydrogen) atoms. The normalized spacial score (nSPS) is 17.7. The number of amides is 2. The molecule has 0 saturated carbocycles. The standard InChI is InChI=1S/C16H20N2O3S/c1-10-6-13(16(21)17-3)4-5-14(10)18-8-12(7-15(18)20)9-22-11(2)19/h4-6,12H,7-9H2,1-3H3,(H,17,21). The highest BCUT2D eigenvalue weighted by atomic mass is 32.2. The maximum absolute atomic E-state index is 12.2. The molecule has 1 unspecified atom stereocenters. The Morgan fingerprint density at radius 3 is 2.73 bits per heavy atom. The fourth-order valence-electron chi connectivity index (χ4n) is 2.61. The van der Waals surface area contributed by atoms with Gasteiger partial charge in [0, 0.05) is 43.9 Å². The van der Waals surface area contributed by atoms with Crippen molar-refractivity contribution in [3.05, 3.63) is 29.3 Å². The molecule has 1 heterocycles. The lowest BCUT2D eigenvalue weighted by atomic mass is 10.1. The molecule has 1 N–H and O–H groups in total. The Labute approximate surface area is 134 Å². The van der Waals surface area contributed by atoms with E-state index in [4.69, 9.17) is 0 Å². The summed E-state index contributed by atoms with van der Waals surface area (Å²) in [5.74, 6) is 0.801. The van der Waals surface area contributed by atoms with Crippen LogP contribution in [0.4, 0.5) is 5.69 Å². The number of carbonyl (C=O) groups excluding carboxylic acids is 3. The zero-order valence-electron chi connectivity index (χ0n) is 13.0. The number of rotatable bonds is 4. The van der Waals surface area contributed by atoms with Gasteiger partial charge in [-0.05, 0) is 36.6 Å². The van der Waals surface area contributed by atoms with Crippen molar-refractivity contribution in [3.63, 3.8) is 0 Å². The number of carbonyl (C=O) groups is 3. The van der Waals surface area contributed by atoms with Gasteiger partial charge in [0.05, 0.1) is 0 Å². The predicted molar refractivity (Wildman–Crippen MR) is 88.2 cm³/mol. The first-order valence-corrected chi connectivity index (χ1v) is 8.17. The molecular formula is C16H20N2O3S. The van der Waals surface area contributed by atoms with Crippen LogP contribution in [0.25, 0.3) is 0 Å². The molecule has 118 valence electrons.